The molecule has 0 amide bonds. The molecule has 116 valence electrons. The van der Waals surface area contributed by atoms with Crippen LogP contribution in [0.3, 0.4) is 0 Å². The molecule has 1 N–H and O–H groups in total. The third-order valence-electron chi connectivity index (χ3n) is 3.93. The molecular formula is C17H26N2OS. The zero-order valence-corrected chi connectivity index (χ0v) is 14.1. The van der Waals surface area contributed by atoms with Crippen molar-refractivity contribution in [2.75, 3.05) is 6.61 Å². The van der Waals surface area contributed by atoms with Crippen LogP contribution in [0.1, 0.15) is 58.9 Å². The summed E-state index contributed by atoms with van der Waals surface area (Å²) >= 11 is 5.53. The fourth-order valence-electron chi connectivity index (χ4n) is 2.83. The molecule has 0 spiro atoms. The van der Waals surface area contributed by atoms with Gasteiger partial charge in [0.15, 0.2) is 4.77 Å². The molecule has 0 fully saturated rings. The smallest absolute Gasteiger partial charge is 0.178 e. The van der Waals surface area contributed by atoms with Gasteiger partial charge in [-0.1, -0.05) is 38.7 Å². The van der Waals surface area contributed by atoms with E-state index < -0.39 is 0 Å². The molecule has 1 aromatic heterocycles. The van der Waals surface area contributed by atoms with E-state index >= 15 is 0 Å². The number of imidazole rings is 1. The van der Waals surface area contributed by atoms with Crippen molar-refractivity contribution in [2.24, 2.45) is 0 Å². The summed E-state index contributed by atoms with van der Waals surface area (Å²) in [5.74, 6) is 0.887. The van der Waals surface area contributed by atoms with E-state index in [1.807, 2.05) is 19.1 Å². The van der Waals surface area contributed by atoms with Crippen molar-refractivity contribution >= 4 is 23.3 Å². The van der Waals surface area contributed by atoms with Gasteiger partial charge in [-0.2, -0.15) is 0 Å². The molecule has 1 aromatic carbocycles. The molecule has 0 aliphatic heterocycles. The van der Waals surface area contributed by atoms with Gasteiger partial charge in [0.2, 0.25) is 0 Å². The maximum absolute atomic E-state index is 5.69. The van der Waals surface area contributed by atoms with E-state index in [0.717, 1.165) is 21.6 Å². The highest BCUT2D eigenvalue weighted by Crippen LogP contribution is 2.28. The van der Waals surface area contributed by atoms with Crippen LogP contribution in [0.2, 0.25) is 0 Å². The van der Waals surface area contributed by atoms with E-state index in [1.165, 1.54) is 32.1 Å². The molecule has 1 heterocycles. The number of nitrogens with one attached hydrogen (secondary N) is 1. The molecule has 0 radical (unpaired) electrons. The lowest BCUT2D eigenvalue weighted by atomic mass is 10.1. The van der Waals surface area contributed by atoms with Crippen molar-refractivity contribution < 1.29 is 4.74 Å². The second kappa shape index (κ2) is 7.64. The van der Waals surface area contributed by atoms with Gasteiger partial charge in [-0.3, -0.25) is 0 Å². The largest absolute Gasteiger partial charge is 0.492 e. The number of rotatable bonds is 8. The summed E-state index contributed by atoms with van der Waals surface area (Å²) in [5.41, 5.74) is 2.17. The third kappa shape index (κ3) is 3.67. The van der Waals surface area contributed by atoms with Gasteiger partial charge < -0.3 is 14.3 Å². The van der Waals surface area contributed by atoms with Crippen LogP contribution in [-0.2, 0) is 0 Å². The summed E-state index contributed by atoms with van der Waals surface area (Å²) < 4.78 is 8.72. The van der Waals surface area contributed by atoms with E-state index in [2.05, 4.69) is 29.5 Å². The van der Waals surface area contributed by atoms with Crippen LogP contribution in [0.4, 0.5) is 0 Å². The number of ether oxygens (including phenoxy) is 1. The molecule has 0 bridgehead atoms. The number of unbranched alkanes of at least 4 members (excludes halogenated alkanes) is 3. The maximum Gasteiger partial charge on any atom is 0.178 e. The van der Waals surface area contributed by atoms with Gasteiger partial charge in [0.05, 0.1) is 12.1 Å². The minimum absolute atomic E-state index is 0.417. The van der Waals surface area contributed by atoms with E-state index in [4.69, 9.17) is 17.0 Å². The van der Waals surface area contributed by atoms with Crippen molar-refractivity contribution in [3.63, 3.8) is 0 Å². The van der Waals surface area contributed by atoms with Gasteiger partial charge in [0.25, 0.3) is 0 Å². The van der Waals surface area contributed by atoms with Crippen molar-refractivity contribution in [1.29, 1.82) is 0 Å². The number of H-pyrrole nitrogens is 1. The molecule has 1 unspecified atom stereocenters. The summed E-state index contributed by atoms with van der Waals surface area (Å²) in [7, 11) is 0. The van der Waals surface area contributed by atoms with Crippen LogP contribution in [0.5, 0.6) is 5.75 Å². The number of para-hydroxylation sites is 1. The number of benzene rings is 1. The normalized spacial score (nSPS) is 12.7. The first kappa shape index (κ1) is 16.1. The first-order chi connectivity index (χ1) is 10.2. The van der Waals surface area contributed by atoms with Gasteiger partial charge in [0, 0.05) is 6.04 Å². The Labute approximate surface area is 132 Å². The van der Waals surface area contributed by atoms with Gasteiger partial charge >= 0.3 is 0 Å². The minimum Gasteiger partial charge on any atom is -0.492 e. The van der Waals surface area contributed by atoms with E-state index in [9.17, 15) is 0 Å². The predicted octanol–water partition coefficient (Wildman–Crippen LogP) is 5.63. The van der Waals surface area contributed by atoms with Gasteiger partial charge in [0.1, 0.15) is 11.3 Å². The number of hydrogen-bond acceptors (Lipinski definition) is 2. The Balaban J connectivity index is 2.25. The Morgan fingerprint density at radius 3 is 2.76 bits per heavy atom. The average molecular weight is 306 g/mol. The lowest BCUT2D eigenvalue weighted by Crippen LogP contribution is -2.05. The van der Waals surface area contributed by atoms with Crippen molar-refractivity contribution in [3.8, 4) is 5.75 Å². The molecule has 0 aliphatic carbocycles. The van der Waals surface area contributed by atoms with E-state index in [1.54, 1.807) is 0 Å². The molecule has 0 saturated carbocycles. The van der Waals surface area contributed by atoms with Crippen LogP contribution in [-0.4, -0.2) is 16.2 Å². The predicted molar refractivity (Wildman–Crippen MR) is 91.8 cm³/mol. The summed E-state index contributed by atoms with van der Waals surface area (Å²) in [6, 6.07) is 6.57. The number of hydrogen-bond donors (Lipinski definition) is 1. The van der Waals surface area contributed by atoms with Crippen molar-refractivity contribution in [1.82, 2.24) is 9.55 Å². The SMILES string of the molecule is CCCCCCC(C)n1c(=S)[nH]c2c(OCC)cccc21. The highest BCUT2D eigenvalue weighted by Gasteiger charge is 2.13. The number of nitrogens with zero attached hydrogens (tertiary/aromatic N) is 1. The summed E-state index contributed by atoms with van der Waals surface area (Å²) in [6.45, 7) is 7.16. The highest BCUT2D eigenvalue weighted by atomic mass is 32.1. The zero-order chi connectivity index (χ0) is 15.2. The van der Waals surface area contributed by atoms with Crippen LogP contribution in [0.15, 0.2) is 18.2 Å². The fraction of sp³-hybridized carbons (Fsp3) is 0.588. The second-order valence-corrected chi connectivity index (χ2v) is 5.97. The Morgan fingerprint density at radius 1 is 1.24 bits per heavy atom. The minimum atomic E-state index is 0.417. The Bertz CT molecular complexity index is 629. The zero-order valence-electron chi connectivity index (χ0n) is 13.3. The highest BCUT2D eigenvalue weighted by molar-refractivity contribution is 7.71. The quantitative estimate of drug-likeness (QED) is 0.506. The molecule has 4 heteroatoms. The first-order valence-electron chi connectivity index (χ1n) is 8.05. The van der Waals surface area contributed by atoms with Crippen molar-refractivity contribution in [2.45, 2.75) is 58.9 Å². The maximum atomic E-state index is 5.69. The van der Waals surface area contributed by atoms with Gasteiger partial charge in [-0.15, -0.1) is 0 Å². The Kier molecular flexibility index (Phi) is 5.85. The first-order valence-corrected chi connectivity index (χ1v) is 8.45. The summed E-state index contributed by atoms with van der Waals surface area (Å²) in [5, 5.41) is 0. The molecule has 2 aromatic rings. The Morgan fingerprint density at radius 2 is 2.05 bits per heavy atom. The molecular weight excluding hydrogens is 280 g/mol. The van der Waals surface area contributed by atoms with Crippen LogP contribution < -0.4 is 4.74 Å². The molecule has 2 rings (SSSR count). The Hall–Kier alpha value is -1.29. The van der Waals surface area contributed by atoms with E-state index in [0.29, 0.717) is 12.6 Å². The van der Waals surface area contributed by atoms with Crippen LogP contribution >= 0.6 is 12.2 Å². The monoisotopic (exact) mass is 306 g/mol. The van der Waals surface area contributed by atoms with Crippen molar-refractivity contribution in [3.05, 3.63) is 23.0 Å². The summed E-state index contributed by atoms with van der Waals surface area (Å²) in [4.78, 5) is 3.32. The molecule has 0 aliphatic rings. The standard InChI is InChI=1S/C17H26N2OS/c1-4-6-7-8-10-13(3)19-14-11-9-12-15(20-5-2)16(14)18-17(19)21/h9,11-13H,4-8,10H2,1-3H3,(H,18,21). The lowest BCUT2D eigenvalue weighted by Gasteiger charge is -2.14. The lowest BCUT2D eigenvalue weighted by molar-refractivity contribution is 0.343. The number of fused-ring (bicyclic) bond motifs is 1. The van der Waals surface area contributed by atoms with Gasteiger partial charge in [-0.25, -0.2) is 0 Å². The average Bonchev–Trinajstić information content (AvgIpc) is 2.81. The molecule has 1 atom stereocenters. The topological polar surface area (TPSA) is 29.9 Å². The molecule has 3 nitrogen and oxygen atoms in total. The molecule has 0 saturated heterocycles. The number of aromatic nitrogens is 2. The van der Waals surface area contributed by atoms with E-state index in [-0.39, 0.29) is 0 Å². The second-order valence-electron chi connectivity index (χ2n) is 5.58. The fourth-order valence-corrected chi connectivity index (χ4v) is 3.21. The molecule has 21 heavy (non-hydrogen) atoms. The van der Waals surface area contributed by atoms with Crippen LogP contribution in [0.25, 0.3) is 11.0 Å². The van der Waals surface area contributed by atoms with Crippen LogP contribution in [0, 0.1) is 4.77 Å². The van der Waals surface area contributed by atoms with Gasteiger partial charge in [-0.05, 0) is 44.6 Å². The summed E-state index contributed by atoms with van der Waals surface area (Å²) in [6.07, 6.45) is 6.33. The third-order valence-corrected chi connectivity index (χ3v) is 4.23. The number of aromatic amines is 1.